The van der Waals surface area contributed by atoms with Gasteiger partial charge in [-0.15, -0.1) is 0 Å². The average molecular weight is 286 g/mol. The van der Waals surface area contributed by atoms with Crippen molar-refractivity contribution in [2.45, 2.75) is 31.7 Å². The van der Waals surface area contributed by atoms with Crippen LogP contribution in [0.3, 0.4) is 0 Å². The van der Waals surface area contributed by atoms with Gasteiger partial charge in [0, 0.05) is 18.8 Å². The van der Waals surface area contributed by atoms with Gasteiger partial charge in [0.05, 0.1) is 0 Å². The topological polar surface area (TPSA) is 95.3 Å². The van der Waals surface area contributed by atoms with E-state index in [9.17, 15) is 4.79 Å². The van der Waals surface area contributed by atoms with Crippen LogP contribution < -0.4 is 5.32 Å². The Labute approximate surface area is 115 Å². The molecule has 19 heavy (non-hydrogen) atoms. The van der Waals surface area contributed by atoms with Crippen molar-refractivity contribution >= 4 is 23.4 Å². The van der Waals surface area contributed by atoms with E-state index in [1.807, 2.05) is 0 Å². The number of anilines is 1. The van der Waals surface area contributed by atoms with Gasteiger partial charge in [-0.1, -0.05) is 0 Å². The highest BCUT2D eigenvalue weighted by molar-refractivity contribution is 6.28. The number of carboxylic acid groups (broad SMARTS) is 1. The number of aliphatic hydroxyl groups is 1. The molecule has 1 aromatic rings. The number of nitrogens with one attached hydrogen (secondary N) is 1. The molecule has 0 atom stereocenters. The van der Waals surface area contributed by atoms with Gasteiger partial charge in [0.2, 0.25) is 5.28 Å². The van der Waals surface area contributed by atoms with Crippen molar-refractivity contribution in [2.24, 2.45) is 5.92 Å². The first-order valence-electron chi connectivity index (χ1n) is 6.23. The number of rotatable bonds is 4. The summed E-state index contributed by atoms with van der Waals surface area (Å²) in [6.45, 7) is 0.215. The molecule has 7 heteroatoms. The summed E-state index contributed by atoms with van der Waals surface area (Å²) in [5.74, 6) is -0.464. The first kappa shape index (κ1) is 14.0. The van der Waals surface area contributed by atoms with Gasteiger partial charge in [-0.05, 0) is 43.2 Å². The first-order chi connectivity index (χ1) is 9.10. The van der Waals surface area contributed by atoms with Crippen molar-refractivity contribution < 1.29 is 15.0 Å². The lowest BCUT2D eigenvalue weighted by atomic mass is 9.86. The first-order valence-corrected chi connectivity index (χ1v) is 6.61. The second-order valence-electron chi connectivity index (χ2n) is 4.75. The number of hydrogen-bond donors (Lipinski definition) is 3. The van der Waals surface area contributed by atoms with E-state index in [2.05, 4.69) is 15.3 Å². The molecule has 0 aliphatic heterocycles. The zero-order valence-electron chi connectivity index (χ0n) is 10.3. The Kier molecular flexibility index (Phi) is 4.55. The molecule has 1 aliphatic rings. The molecular weight excluding hydrogens is 270 g/mol. The minimum absolute atomic E-state index is 0.0219. The van der Waals surface area contributed by atoms with E-state index in [0.29, 0.717) is 5.92 Å². The van der Waals surface area contributed by atoms with E-state index in [4.69, 9.17) is 21.8 Å². The fourth-order valence-corrected chi connectivity index (χ4v) is 2.44. The van der Waals surface area contributed by atoms with Crippen molar-refractivity contribution in [3.05, 3.63) is 17.0 Å². The van der Waals surface area contributed by atoms with Gasteiger partial charge in [0.25, 0.3) is 0 Å². The molecule has 0 radical (unpaired) electrons. The van der Waals surface area contributed by atoms with Gasteiger partial charge in [0.1, 0.15) is 11.4 Å². The van der Waals surface area contributed by atoms with Crippen LogP contribution in [0, 0.1) is 5.92 Å². The molecule has 1 fully saturated rings. The third-order valence-corrected chi connectivity index (χ3v) is 3.62. The Bertz CT molecular complexity index is 462. The molecule has 0 bridgehead atoms. The van der Waals surface area contributed by atoms with Gasteiger partial charge in [-0.25, -0.2) is 9.78 Å². The standard InChI is InChI=1S/C12H16ClN3O3/c13-12-14-5-9(11(18)19)10(16-12)15-8-3-1-7(6-17)2-4-8/h5,7-8,17H,1-4,6H2,(H,18,19)(H,14,15,16). The molecule has 0 amide bonds. The second kappa shape index (κ2) is 6.16. The number of halogens is 1. The van der Waals surface area contributed by atoms with Crippen LogP contribution in [0.4, 0.5) is 5.82 Å². The van der Waals surface area contributed by atoms with Crippen molar-refractivity contribution in [1.29, 1.82) is 0 Å². The maximum Gasteiger partial charge on any atom is 0.341 e. The predicted molar refractivity (Wildman–Crippen MR) is 70.5 cm³/mol. The Hall–Kier alpha value is -1.40. The fourth-order valence-electron chi connectivity index (χ4n) is 2.31. The van der Waals surface area contributed by atoms with E-state index in [-0.39, 0.29) is 29.3 Å². The summed E-state index contributed by atoms with van der Waals surface area (Å²) < 4.78 is 0. The Morgan fingerprint density at radius 1 is 1.42 bits per heavy atom. The van der Waals surface area contributed by atoms with Crippen LogP contribution in [0.1, 0.15) is 36.0 Å². The zero-order chi connectivity index (χ0) is 13.8. The molecule has 1 heterocycles. The molecular formula is C12H16ClN3O3. The molecule has 104 valence electrons. The van der Waals surface area contributed by atoms with Gasteiger partial charge < -0.3 is 15.5 Å². The maximum absolute atomic E-state index is 11.1. The van der Waals surface area contributed by atoms with E-state index in [1.165, 1.54) is 6.20 Å². The maximum atomic E-state index is 11.1. The van der Waals surface area contributed by atoms with E-state index < -0.39 is 5.97 Å². The Balaban J connectivity index is 2.06. The van der Waals surface area contributed by atoms with Crippen LogP contribution in [-0.4, -0.2) is 38.8 Å². The number of aromatic carboxylic acids is 1. The van der Waals surface area contributed by atoms with Crippen molar-refractivity contribution in [2.75, 3.05) is 11.9 Å². The quantitative estimate of drug-likeness (QED) is 0.730. The fraction of sp³-hybridized carbons (Fsp3) is 0.583. The summed E-state index contributed by atoms with van der Waals surface area (Å²) in [5, 5.41) is 21.3. The molecule has 0 saturated heterocycles. The van der Waals surface area contributed by atoms with Crippen molar-refractivity contribution in [3.8, 4) is 0 Å². The van der Waals surface area contributed by atoms with Crippen LogP contribution in [-0.2, 0) is 0 Å². The average Bonchev–Trinajstić information content (AvgIpc) is 2.39. The van der Waals surface area contributed by atoms with Crippen molar-refractivity contribution in [3.63, 3.8) is 0 Å². The summed E-state index contributed by atoms with van der Waals surface area (Å²) in [6, 6.07) is 0.159. The number of hydrogen-bond acceptors (Lipinski definition) is 5. The van der Waals surface area contributed by atoms with Gasteiger partial charge in [0.15, 0.2) is 0 Å². The van der Waals surface area contributed by atoms with E-state index in [1.54, 1.807) is 0 Å². The molecule has 0 spiro atoms. The minimum Gasteiger partial charge on any atom is -0.477 e. The summed E-state index contributed by atoms with van der Waals surface area (Å²) in [4.78, 5) is 18.7. The monoisotopic (exact) mass is 285 g/mol. The lowest BCUT2D eigenvalue weighted by Crippen LogP contribution is -2.28. The number of nitrogens with zero attached hydrogens (tertiary/aromatic N) is 2. The normalized spacial score (nSPS) is 23.1. The number of carboxylic acids is 1. The van der Waals surface area contributed by atoms with Crippen LogP contribution in [0.2, 0.25) is 5.28 Å². The highest BCUT2D eigenvalue weighted by atomic mass is 35.5. The summed E-state index contributed by atoms with van der Waals surface area (Å²) >= 11 is 5.70. The lowest BCUT2D eigenvalue weighted by Gasteiger charge is -2.28. The summed E-state index contributed by atoms with van der Waals surface area (Å²) in [6.07, 6.45) is 4.82. The van der Waals surface area contributed by atoms with Crippen LogP contribution in [0.5, 0.6) is 0 Å². The van der Waals surface area contributed by atoms with Gasteiger partial charge >= 0.3 is 5.97 Å². The Morgan fingerprint density at radius 2 is 2.11 bits per heavy atom. The SMILES string of the molecule is O=C(O)c1cnc(Cl)nc1NC1CCC(CO)CC1. The highest BCUT2D eigenvalue weighted by Crippen LogP contribution is 2.26. The number of aliphatic hydroxyl groups excluding tert-OH is 1. The van der Waals surface area contributed by atoms with Crippen LogP contribution in [0.15, 0.2) is 6.20 Å². The number of aromatic nitrogens is 2. The largest absolute Gasteiger partial charge is 0.477 e. The molecule has 2 rings (SSSR count). The third kappa shape index (κ3) is 3.54. The number of carbonyl (C=O) groups is 1. The van der Waals surface area contributed by atoms with Gasteiger partial charge in [-0.3, -0.25) is 0 Å². The second-order valence-corrected chi connectivity index (χ2v) is 5.09. The zero-order valence-corrected chi connectivity index (χ0v) is 11.1. The van der Waals surface area contributed by atoms with Gasteiger partial charge in [-0.2, -0.15) is 4.98 Å². The van der Waals surface area contributed by atoms with Crippen LogP contribution >= 0.6 is 11.6 Å². The molecule has 1 aliphatic carbocycles. The van der Waals surface area contributed by atoms with E-state index in [0.717, 1.165) is 25.7 Å². The highest BCUT2D eigenvalue weighted by Gasteiger charge is 2.22. The predicted octanol–water partition coefficient (Wildman–Crippen LogP) is 1.79. The minimum atomic E-state index is -1.08. The van der Waals surface area contributed by atoms with E-state index >= 15 is 0 Å². The summed E-state index contributed by atoms with van der Waals surface area (Å²) in [7, 11) is 0. The van der Waals surface area contributed by atoms with Crippen molar-refractivity contribution in [1.82, 2.24) is 9.97 Å². The summed E-state index contributed by atoms with van der Waals surface area (Å²) in [5.41, 5.74) is 0.0219. The molecule has 6 nitrogen and oxygen atoms in total. The Morgan fingerprint density at radius 3 is 2.68 bits per heavy atom. The molecule has 3 N–H and O–H groups in total. The molecule has 0 unspecified atom stereocenters. The molecule has 0 aromatic carbocycles. The van der Waals surface area contributed by atoms with Crippen LogP contribution in [0.25, 0.3) is 0 Å². The third-order valence-electron chi connectivity index (χ3n) is 3.44. The molecule has 1 saturated carbocycles. The lowest BCUT2D eigenvalue weighted by molar-refractivity contribution is 0.0697. The molecule has 1 aromatic heterocycles. The smallest absolute Gasteiger partial charge is 0.341 e.